The van der Waals surface area contributed by atoms with Crippen molar-refractivity contribution < 1.29 is 29.0 Å². The third-order valence-electron chi connectivity index (χ3n) is 4.33. The van der Waals surface area contributed by atoms with Crippen molar-refractivity contribution in [2.24, 2.45) is 5.92 Å². The van der Waals surface area contributed by atoms with Gasteiger partial charge in [0.15, 0.2) is 6.10 Å². The summed E-state index contributed by atoms with van der Waals surface area (Å²) in [6.45, 7) is 0.900. The summed E-state index contributed by atoms with van der Waals surface area (Å²) in [5, 5.41) is 14.6. The van der Waals surface area contributed by atoms with E-state index in [4.69, 9.17) is 9.47 Å². The van der Waals surface area contributed by atoms with Crippen LogP contribution in [0, 0.1) is 5.92 Å². The quantitative estimate of drug-likeness (QED) is 0.724. The molecular weight excluding hydrogens is 328 g/mol. The summed E-state index contributed by atoms with van der Waals surface area (Å²) in [6.07, 6.45) is 0.185. The van der Waals surface area contributed by atoms with Crippen molar-refractivity contribution in [3.63, 3.8) is 0 Å². The zero-order valence-electron chi connectivity index (χ0n) is 13.6. The van der Waals surface area contributed by atoms with Crippen LogP contribution >= 0.6 is 0 Å². The second-order valence-electron chi connectivity index (χ2n) is 6.16. The van der Waals surface area contributed by atoms with E-state index in [1.165, 1.54) is 0 Å². The van der Waals surface area contributed by atoms with Gasteiger partial charge in [0, 0.05) is 12.5 Å². The van der Waals surface area contributed by atoms with E-state index < -0.39 is 29.9 Å². The molecule has 1 fully saturated rings. The number of anilines is 1. The average molecular weight is 348 g/mol. The van der Waals surface area contributed by atoms with Crippen molar-refractivity contribution in [1.29, 1.82) is 0 Å². The Kier molecular flexibility index (Phi) is 5.18. The molecule has 0 bridgehead atoms. The smallest absolute Gasteiger partial charge is 0.326 e. The summed E-state index contributed by atoms with van der Waals surface area (Å²) in [7, 11) is 0. The Hall–Kier alpha value is -2.61. The number of carbonyl (C=O) groups is 3. The molecule has 134 valence electrons. The van der Waals surface area contributed by atoms with Gasteiger partial charge in [0.25, 0.3) is 5.91 Å². The van der Waals surface area contributed by atoms with Crippen molar-refractivity contribution in [2.75, 3.05) is 18.5 Å². The Morgan fingerprint density at radius 1 is 1.36 bits per heavy atom. The predicted octanol–water partition coefficient (Wildman–Crippen LogP) is 0.772. The van der Waals surface area contributed by atoms with Gasteiger partial charge >= 0.3 is 5.97 Å². The van der Waals surface area contributed by atoms with Gasteiger partial charge in [-0.25, -0.2) is 4.79 Å². The Morgan fingerprint density at radius 2 is 2.16 bits per heavy atom. The largest absolute Gasteiger partial charge is 0.480 e. The summed E-state index contributed by atoms with van der Waals surface area (Å²) in [4.78, 5) is 35.8. The highest BCUT2D eigenvalue weighted by molar-refractivity contribution is 6.00. The predicted molar refractivity (Wildman–Crippen MR) is 87.2 cm³/mol. The third kappa shape index (κ3) is 4.08. The fourth-order valence-electron chi connectivity index (χ4n) is 3.04. The van der Waals surface area contributed by atoms with Gasteiger partial charge in [0.2, 0.25) is 5.91 Å². The molecule has 3 N–H and O–H groups in total. The fourth-order valence-corrected chi connectivity index (χ4v) is 3.04. The molecule has 2 heterocycles. The standard InChI is InChI=1S/C17H20N2O6/c20-14(19-15(17(22)23)10-4-3-7-24-9-10)8-13-16(21)18-11-5-1-2-6-12(11)25-13/h1-2,5-6,10,13,15H,3-4,7-9H2,(H,18,21)(H,19,20)(H,22,23). The Bertz CT molecular complexity index is 671. The van der Waals surface area contributed by atoms with E-state index in [9.17, 15) is 19.5 Å². The molecule has 8 nitrogen and oxygen atoms in total. The normalized spacial score (nSPS) is 23.6. The summed E-state index contributed by atoms with van der Waals surface area (Å²) >= 11 is 0. The number of carboxylic acids is 1. The van der Waals surface area contributed by atoms with Gasteiger partial charge in [-0.15, -0.1) is 0 Å². The lowest BCUT2D eigenvalue weighted by Gasteiger charge is -2.29. The van der Waals surface area contributed by atoms with Gasteiger partial charge < -0.3 is 25.2 Å². The molecule has 0 aliphatic carbocycles. The zero-order valence-corrected chi connectivity index (χ0v) is 13.6. The van der Waals surface area contributed by atoms with E-state index in [-0.39, 0.29) is 12.3 Å². The molecule has 8 heteroatoms. The maximum Gasteiger partial charge on any atom is 0.326 e. The maximum atomic E-state index is 12.3. The van der Waals surface area contributed by atoms with Crippen molar-refractivity contribution in [3.8, 4) is 5.75 Å². The highest BCUT2D eigenvalue weighted by Crippen LogP contribution is 2.29. The van der Waals surface area contributed by atoms with Crippen molar-refractivity contribution in [3.05, 3.63) is 24.3 Å². The number of amides is 2. The van der Waals surface area contributed by atoms with Crippen LogP contribution in [0.5, 0.6) is 5.75 Å². The van der Waals surface area contributed by atoms with E-state index in [0.29, 0.717) is 31.1 Å². The lowest BCUT2D eigenvalue weighted by Crippen LogP contribution is -2.50. The van der Waals surface area contributed by atoms with Crippen LogP contribution in [0.2, 0.25) is 0 Å². The number of rotatable bonds is 5. The van der Waals surface area contributed by atoms with Gasteiger partial charge in [-0.2, -0.15) is 0 Å². The Balaban J connectivity index is 1.61. The number of fused-ring (bicyclic) bond motifs is 1. The van der Waals surface area contributed by atoms with E-state index in [0.717, 1.165) is 6.42 Å². The van der Waals surface area contributed by atoms with Crippen LogP contribution in [0.3, 0.4) is 0 Å². The molecule has 1 aromatic carbocycles. The molecule has 25 heavy (non-hydrogen) atoms. The molecule has 2 aliphatic rings. The molecule has 1 aromatic rings. The molecule has 2 aliphatic heterocycles. The first-order chi connectivity index (χ1) is 12.0. The molecule has 0 saturated carbocycles. The number of nitrogens with one attached hydrogen (secondary N) is 2. The van der Waals surface area contributed by atoms with Crippen molar-refractivity contribution in [2.45, 2.75) is 31.4 Å². The summed E-state index contributed by atoms with van der Waals surface area (Å²) in [6, 6.07) is 5.88. The van der Waals surface area contributed by atoms with Crippen LogP contribution in [-0.4, -0.2) is 48.2 Å². The molecule has 3 unspecified atom stereocenters. The van der Waals surface area contributed by atoms with Crippen LogP contribution < -0.4 is 15.4 Å². The number of carboxylic acid groups (broad SMARTS) is 1. The third-order valence-corrected chi connectivity index (χ3v) is 4.33. The van der Waals surface area contributed by atoms with Crippen LogP contribution in [-0.2, 0) is 19.1 Å². The lowest BCUT2D eigenvalue weighted by atomic mass is 9.93. The first-order valence-corrected chi connectivity index (χ1v) is 8.21. The summed E-state index contributed by atoms with van der Waals surface area (Å²) in [5.74, 6) is -1.88. The van der Waals surface area contributed by atoms with Crippen LogP contribution in [0.4, 0.5) is 5.69 Å². The maximum absolute atomic E-state index is 12.3. The Morgan fingerprint density at radius 3 is 2.88 bits per heavy atom. The average Bonchev–Trinajstić information content (AvgIpc) is 2.61. The second kappa shape index (κ2) is 7.52. The fraction of sp³-hybridized carbons (Fsp3) is 0.471. The topological polar surface area (TPSA) is 114 Å². The monoisotopic (exact) mass is 348 g/mol. The van der Waals surface area contributed by atoms with E-state index in [2.05, 4.69) is 10.6 Å². The molecule has 3 rings (SSSR count). The van der Waals surface area contributed by atoms with Crippen LogP contribution in [0.15, 0.2) is 24.3 Å². The van der Waals surface area contributed by atoms with Gasteiger partial charge in [-0.1, -0.05) is 12.1 Å². The van der Waals surface area contributed by atoms with Gasteiger partial charge in [0.05, 0.1) is 18.7 Å². The molecule has 1 saturated heterocycles. The van der Waals surface area contributed by atoms with Crippen molar-refractivity contribution in [1.82, 2.24) is 5.32 Å². The summed E-state index contributed by atoms with van der Waals surface area (Å²) < 4.78 is 10.9. The van der Waals surface area contributed by atoms with E-state index >= 15 is 0 Å². The van der Waals surface area contributed by atoms with Gasteiger partial charge in [0.1, 0.15) is 11.8 Å². The highest BCUT2D eigenvalue weighted by atomic mass is 16.5. The number of hydrogen-bond acceptors (Lipinski definition) is 5. The Labute approximate surface area is 144 Å². The minimum atomic E-state index is -1.11. The van der Waals surface area contributed by atoms with Gasteiger partial charge in [-0.05, 0) is 25.0 Å². The first kappa shape index (κ1) is 17.2. The molecule has 0 spiro atoms. The lowest BCUT2D eigenvalue weighted by molar-refractivity contribution is -0.145. The zero-order chi connectivity index (χ0) is 17.8. The minimum absolute atomic E-state index is 0.252. The molecular formula is C17H20N2O6. The number of carbonyl (C=O) groups excluding carboxylic acids is 2. The van der Waals surface area contributed by atoms with Crippen molar-refractivity contribution >= 4 is 23.5 Å². The van der Waals surface area contributed by atoms with Crippen LogP contribution in [0.1, 0.15) is 19.3 Å². The first-order valence-electron chi connectivity index (χ1n) is 8.21. The number of para-hydroxylation sites is 2. The van der Waals surface area contributed by atoms with E-state index in [1.807, 2.05) is 0 Å². The summed E-state index contributed by atoms with van der Waals surface area (Å²) in [5.41, 5.74) is 0.548. The molecule has 0 radical (unpaired) electrons. The SMILES string of the molecule is O=C(CC1Oc2ccccc2NC1=O)NC(C(=O)O)C1CCCOC1. The van der Waals surface area contributed by atoms with E-state index in [1.54, 1.807) is 24.3 Å². The van der Waals surface area contributed by atoms with Gasteiger partial charge in [-0.3, -0.25) is 9.59 Å². The number of ether oxygens (including phenoxy) is 2. The number of benzene rings is 1. The highest BCUT2D eigenvalue weighted by Gasteiger charge is 2.34. The van der Waals surface area contributed by atoms with Crippen LogP contribution in [0.25, 0.3) is 0 Å². The molecule has 3 atom stereocenters. The number of hydrogen-bond donors (Lipinski definition) is 3. The molecule has 0 aromatic heterocycles. The number of aliphatic carboxylic acids is 1. The minimum Gasteiger partial charge on any atom is -0.480 e. The second-order valence-corrected chi connectivity index (χ2v) is 6.16. The molecule has 2 amide bonds.